The minimum absolute atomic E-state index is 0.309. The molecule has 0 aliphatic carbocycles. The molecule has 0 fully saturated rings. The summed E-state index contributed by atoms with van der Waals surface area (Å²) in [6, 6.07) is 6.71. The van der Waals surface area contributed by atoms with Crippen LogP contribution in [0.15, 0.2) is 24.4 Å². The summed E-state index contributed by atoms with van der Waals surface area (Å²) in [6.07, 6.45) is 5.27. The van der Waals surface area contributed by atoms with Gasteiger partial charge < -0.3 is 5.32 Å². The predicted octanol–water partition coefficient (Wildman–Crippen LogP) is 3.43. The second-order valence-electron chi connectivity index (χ2n) is 5.73. The summed E-state index contributed by atoms with van der Waals surface area (Å²) in [5.41, 5.74) is 1.50. The second-order valence-corrected chi connectivity index (χ2v) is 5.73. The van der Waals surface area contributed by atoms with E-state index in [0.29, 0.717) is 11.5 Å². The first kappa shape index (κ1) is 14.2. The van der Waals surface area contributed by atoms with Crippen LogP contribution in [-0.2, 0) is 6.42 Å². The third-order valence-corrected chi connectivity index (χ3v) is 3.10. The maximum Gasteiger partial charge on any atom is 0.0404 e. The molecule has 1 aromatic heterocycles. The number of aromatic nitrogens is 1. The Balaban J connectivity index is 2.49. The smallest absolute Gasteiger partial charge is 0.0404 e. The van der Waals surface area contributed by atoms with Crippen LogP contribution in [-0.4, -0.2) is 17.6 Å². The standard InChI is InChI=1S/C15H26N2/c1-5-11-17-14(15(2,3)4)10-9-13-8-6-7-12-16-13/h6-8,12,14,17H,5,9-11H2,1-4H3. The SMILES string of the molecule is CCCNC(CCc1ccccn1)C(C)(C)C. The molecule has 2 heteroatoms. The zero-order valence-electron chi connectivity index (χ0n) is 11.7. The Bertz CT molecular complexity index is 300. The van der Waals surface area contributed by atoms with Gasteiger partial charge in [0.2, 0.25) is 0 Å². The van der Waals surface area contributed by atoms with Crippen molar-refractivity contribution < 1.29 is 0 Å². The summed E-state index contributed by atoms with van der Waals surface area (Å²) in [7, 11) is 0. The fourth-order valence-corrected chi connectivity index (χ4v) is 2.00. The van der Waals surface area contributed by atoms with Crippen molar-refractivity contribution in [2.24, 2.45) is 5.41 Å². The fraction of sp³-hybridized carbons (Fsp3) is 0.667. The van der Waals surface area contributed by atoms with Crippen LogP contribution in [0.1, 0.15) is 46.2 Å². The van der Waals surface area contributed by atoms with Gasteiger partial charge in [-0.15, -0.1) is 0 Å². The van der Waals surface area contributed by atoms with Crippen LogP contribution in [0.5, 0.6) is 0 Å². The Morgan fingerprint density at radius 3 is 2.59 bits per heavy atom. The highest BCUT2D eigenvalue weighted by Crippen LogP contribution is 2.23. The first-order valence-corrected chi connectivity index (χ1v) is 6.67. The number of rotatable bonds is 6. The van der Waals surface area contributed by atoms with Gasteiger partial charge in [-0.05, 0) is 43.4 Å². The van der Waals surface area contributed by atoms with Crippen LogP contribution in [0, 0.1) is 5.41 Å². The van der Waals surface area contributed by atoms with E-state index in [1.165, 1.54) is 12.1 Å². The molecular weight excluding hydrogens is 208 g/mol. The Morgan fingerprint density at radius 1 is 1.29 bits per heavy atom. The van der Waals surface area contributed by atoms with E-state index in [1.54, 1.807) is 0 Å². The molecule has 1 heterocycles. The van der Waals surface area contributed by atoms with Gasteiger partial charge in [0, 0.05) is 17.9 Å². The molecule has 1 atom stereocenters. The van der Waals surface area contributed by atoms with E-state index in [-0.39, 0.29) is 0 Å². The Labute approximate surface area is 106 Å². The van der Waals surface area contributed by atoms with Crippen molar-refractivity contribution >= 4 is 0 Å². The average Bonchev–Trinajstić information content (AvgIpc) is 2.29. The van der Waals surface area contributed by atoms with E-state index in [4.69, 9.17) is 0 Å². The number of aryl methyl sites for hydroxylation is 1. The molecule has 0 aliphatic heterocycles. The van der Waals surface area contributed by atoms with Gasteiger partial charge in [-0.3, -0.25) is 4.98 Å². The fourth-order valence-electron chi connectivity index (χ4n) is 2.00. The minimum Gasteiger partial charge on any atom is -0.313 e. The van der Waals surface area contributed by atoms with Gasteiger partial charge >= 0.3 is 0 Å². The molecule has 0 aromatic carbocycles. The van der Waals surface area contributed by atoms with Crippen LogP contribution in [0.25, 0.3) is 0 Å². The molecule has 2 nitrogen and oxygen atoms in total. The zero-order valence-corrected chi connectivity index (χ0v) is 11.7. The molecule has 1 unspecified atom stereocenters. The lowest BCUT2D eigenvalue weighted by Crippen LogP contribution is -2.41. The highest BCUT2D eigenvalue weighted by Gasteiger charge is 2.23. The topological polar surface area (TPSA) is 24.9 Å². The zero-order chi connectivity index (χ0) is 12.7. The monoisotopic (exact) mass is 234 g/mol. The number of hydrogen-bond donors (Lipinski definition) is 1. The van der Waals surface area contributed by atoms with E-state index in [0.717, 1.165) is 19.4 Å². The van der Waals surface area contributed by atoms with E-state index < -0.39 is 0 Å². The lowest BCUT2D eigenvalue weighted by Gasteiger charge is -2.31. The predicted molar refractivity (Wildman–Crippen MR) is 74.1 cm³/mol. The summed E-state index contributed by atoms with van der Waals surface area (Å²) in [6.45, 7) is 10.2. The Kier molecular flexibility index (Phi) is 5.63. The van der Waals surface area contributed by atoms with E-state index >= 15 is 0 Å². The number of nitrogens with zero attached hydrogens (tertiary/aromatic N) is 1. The van der Waals surface area contributed by atoms with Gasteiger partial charge in [0.1, 0.15) is 0 Å². The summed E-state index contributed by atoms with van der Waals surface area (Å²) >= 11 is 0. The summed E-state index contributed by atoms with van der Waals surface area (Å²) in [5.74, 6) is 0. The quantitative estimate of drug-likeness (QED) is 0.815. The Hall–Kier alpha value is -0.890. The molecule has 0 saturated carbocycles. The van der Waals surface area contributed by atoms with Gasteiger partial charge in [-0.25, -0.2) is 0 Å². The summed E-state index contributed by atoms with van der Waals surface area (Å²) in [5, 5.41) is 3.65. The molecule has 0 spiro atoms. The van der Waals surface area contributed by atoms with Crippen molar-refractivity contribution in [1.82, 2.24) is 10.3 Å². The molecule has 96 valence electrons. The van der Waals surface area contributed by atoms with Crippen LogP contribution < -0.4 is 5.32 Å². The molecule has 17 heavy (non-hydrogen) atoms. The summed E-state index contributed by atoms with van der Waals surface area (Å²) in [4.78, 5) is 4.39. The van der Waals surface area contributed by atoms with Crippen molar-refractivity contribution in [2.45, 2.75) is 53.0 Å². The van der Waals surface area contributed by atoms with E-state index in [1.807, 2.05) is 12.3 Å². The molecule has 1 rings (SSSR count). The molecular formula is C15H26N2. The second kappa shape index (κ2) is 6.75. The van der Waals surface area contributed by atoms with Crippen molar-refractivity contribution in [1.29, 1.82) is 0 Å². The van der Waals surface area contributed by atoms with E-state index in [9.17, 15) is 0 Å². The van der Waals surface area contributed by atoms with Gasteiger partial charge in [0.15, 0.2) is 0 Å². The van der Waals surface area contributed by atoms with E-state index in [2.05, 4.69) is 50.1 Å². The highest BCUT2D eigenvalue weighted by atomic mass is 14.9. The minimum atomic E-state index is 0.309. The van der Waals surface area contributed by atoms with Gasteiger partial charge in [0.25, 0.3) is 0 Å². The summed E-state index contributed by atoms with van der Waals surface area (Å²) < 4.78 is 0. The number of pyridine rings is 1. The largest absolute Gasteiger partial charge is 0.313 e. The first-order chi connectivity index (χ1) is 8.04. The maximum absolute atomic E-state index is 4.39. The third kappa shape index (κ3) is 5.31. The normalized spacial score (nSPS) is 13.6. The molecule has 0 saturated heterocycles. The number of hydrogen-bond acceptors (Lipinski definition) is 2. The maximum atomic E-state index is 4.39. The molecule has 0 bridgehead atoms. The van der Waals surface area contributed by atoms with Crippen LogP contribution in [0.4, 0.5) is 0 Å². The van der Waals surface area contributed by atoms with Crippen molar-refractivity contribution in [2.75, 3.05) is 6.54 Å². The molecule has 1 N–H and O–H groups in total. The molecule has 0 amide bonds. The van der Waals surface area contributed by atoms with Crippen molar-refractivity contribution in [3.63, 3.8) is 0 Å². The highest BCUT2D eigenvalue weighted by molar-refractivity contribution is 5.04. The average molecular weight is 234 g/mol. The third-order valence-electron chi connectivity index (χ3n) is 3.10. The lowest BCUT2D eigenvalue weighted by atomic mass is 9.83. The molecule has 0 radical (unpaired) electrons. The molecule has 1 aromatic rings. The van der Waals surface area contributed by atoms with Crippen molar-refractivity contribution in [3.05, 3.63) is 30.1 Å². The van der Waals surface area contributed by atoms with Crippen LogP contribution in [0.3, 0.4) is 0 Å². The van der Waals surface area contributed by atoms with Crippen LogP contribution in [0.2, 0.25) is 0 Å². The van der Waals surface area contributed by atoms with Crippen LogP contribution >= 0.6 is 0 Å². The first-order valence-electron chi connectivity index (χ1n) is 6.67. The van der Waals surface area contributed by atoms with Crippen molar-refractivity contribution in [3.8, 4) is 0 Å². The van der Waals surface area contributed by atoms with Gasteiger partial charge in [-0.1, -0.05) is 33.8 Å². The number of nitrogens with one attached hydrogen (secondary N) is 1. The Morgan fingerprint density at radius 2 is 2.06 bits per heavy atom. The van der Waals surface area contributed by atoms with Gasteiger partial charge in [-0.2, -0.15) is 0 Å². The molecule has 0 aliphatic rings. The lowest BCUT2D eigenvalue weighted by molar-refractivity contribution is 0.255. The van der Waals surface area contributed by atoms with Gasteiger partial charge in [0.05, 0.1) is 0 Å².